The fraction of sp³-hybridized carbons (Fsp3) is 0.150. The molecule has 138 valence electrons. The van der Waals surface area contributed by atoms with Gasteiger partial charge in [-0.25, -0.2) is 9.78 Å². The quantitative estimate of drug-likeness (QED) is 0.518. The molecule has 27 heavy (non-hydrogen) atoms. The number of amides is 1. The number of ether oxygens (including phenoxy) is 1. The first kappa shape index (κ1) is 18.6. The Balaban J connectivity index is 1.55. The number of thiazole rings is 1. The van der Waals surface area contributed by atoms with Gasteiger partial charge >= 0.3 is 5.97 Å². The Morgan fingerprint density at radius 2 is 1.89 bits per heavy atom. The molecule has 0 unspecified atom stereocenters. The van der Waals surface area contributed by atoms with E-state index >= 15 is 0 Å². The van der Waals surface area contributed by atoms with Crippen molar-refractivity contribution in [1.82, 2.24) is 4.98 Å². The predicted octanol–water partition coefficient (Wildman–Crippen LogP) is 3.80. The van der Waals surface area contributed by atoms with Gasteiger partial charge in [0.15, 0.2) is 11.7 Å². The van der Waals surface area contributed by atoms with E-state index < -0.39 is 18.5 Å². The molecule has 7 heteroatoms. The molecule has 3 N–H and O–H groups in total. The minimum absolute atomic E-state index is 0.307. The van der Waals surface area contributed by atoms with Crippen LogP contribution in [0.1, 0.15) is 21.5 Å². The van der Waals surface area contributed by atoms with Gasteiger partial charge in [0, 0.05) is 16.6 Å². The molecule has 2 aromatic carbocycles. The van der Waals surface area contributed by atoms with Crippen molar-refractivity contribution >= 4 is 34.0 Å². The summed E-state index contributed by atoms with van der Waals surface area (Å²) in [5, 5.41) is 4.95. The Bertz CT molecular complexity index is 980. The lowest BCUT2D eigenvalue weighted by atomic mass is 10.1. The summed E-state index contributed by atoms with van der Waals surface area (Å²) >= 11 is 1.31. The second-order valence-corrected chi connectivity index (χ2v) is 6.96. The summed E-state index contributed by atoms with van der Waals surface area (Å²) in [7, 11) is 0. The predicted molar refractivity (Wildman–Crippen MR) is 107 cm³/mol. The molecule has 0 radical (unpaired) electrons. The molecule has 1 heterocycles. The first-order valence-corrected chi connectivity index (χ1v) is 9.16. The Morgan fingerprint density at radius 1 is 1.15 bits per heavy atom. The summed E-state index contributed by atoms with van der Waals surface area (Å²) in [5.41, 5.74) is 10.4. The normalized spacial score (nSPS) is 10.4. The van der Waals surface area contributed by atoms with Crippen LogP contribution in [0.4, 0.5) is 10.8 Å². The number of aryl methyl sites for hydroxylation is 2. The largest absolute Gasteiger partial charge is 0.452 e. The van der Waals surface area contributed by atoms with Gasteiger partial charge in [-0.05, 0) is 31.5 Å². The van der Waals surface area contributed by atoms with E-state index in [-0.39, 0.29) is 0 Å². The number of anilines is 2. The highest BCUT2D eigenvalue weighted by atomic mass is 32.1. The lowest BCUT2D eigenvalue weighted by Crippen LogP contribution is -2.21. The molecular weight excluding hydrogens is 362 g/mol. The third kappa shape index (κ3) is 4.71. The molecule has 6 nitrogen and oxygen atoms in total. The smallest absolute Gasteiger partial charge is 0.338 e. The summed E-state index contributed by atoms with van der Waals surface area (Å²) in [5.74, 6) is -1.05. The van der Waals surface area contributed by atoms with E-state index in [1.165, 1.54) is 23.0 Å². The molecule has 3 rings (SSSR count). The molecule has 0 atom stereocenters. The fourth-order valence-electron chi connectivity index (χ4n) is 2.33. The lowest BCUT2D eigenvalue weighted by Gasteiger charge is -2.06. The maximum atomic E-state index is 12.0. The molecule has 0 aliphatic heterocycles. The van der Waals surface area contributed by atoms with Crippen LogP contribution in [0.2, 0.25) is 0 Å². The van der Waals surface area contributed by atoms with Crippen LogP contribution in [-0.2, 0) is 9.53 Å². The van der Waals surface area contributed by atoms with Crippen LogP contribution in [0.25, 0.3) is 11.3 Å². The Kier molecular flexibility index (Phi) is 5.52. The van der Waals surface area contributed by atoms with Crippen molar-refractivity contribution in [3.05, 3.63) is 64.5 Å². The van der Waals surface area contributed by atoms with Crippen molar-refractivity contribution in [2.24, 2.45) is 0 Å². The highest BCUT2D eigenvalue weighted by Crippen LogP contribution is 2.25. The van der Waals surface area contributed by atoms with Crippen LogP contribution in [-0.4, -0.2) is 23.5 Å². The average Bonchev–Trinajstić information content (AvgIpc) is 3.11. The summed E-state index contributed by atoms with van der Waals surface area (Å²) < 4.78 is 5.03. The van der Waals surface area contributed by atoms with E-state index in [1.807, 2.05) is 43.5 Å². The molecule has 1 aromatic heterocycles. The Hall–Kier alpha value is -3.19. The maximum absolute atomic E-state index is 12.0. The zero-order chi connectivity index (χ0) is 19.4. The molecule has 3 aromatic rings. The number of esters is 1. The first-order chi connectivity index (χ1) is 12.9. The number of benzene rings is 2. The van der Waals surface area contributed by atoms with E-state index in [0.717, 1.165) is 16.8 Å². The van der Waals surface area contributed by atoms with Gasteiger partial charge in [-0.2, -0.15) is 0 Å². The number of carbonyl (C=O) groups excluding carboxylic acids is 2. The molecule has 0 saturated carbocycles. The molecule has 0 fully saturated rings. The van der Waals surface area contributed by atoms with E-state index in [0.29, 0.717) is 16.4 Å². The van der Waals surface area contributed by atoms with Crippen LogP contribution in [0, 0.1) is 13.8 Å². The number of nitrogens with zero attached hydrogens (tertiary/aromatic N) is 1. The van der Waals surface area contributed by atoms with Crippen molar-refractivity contribution in [2.75, 3.05) is 17.7 Å². The van der Waals surface area contributed by atoms with Gasteiger partial charge in [0.2, 0.25) is 0 Å². The number of rotatable bonds is 5. The number of nitrogens with one attached hydrogen (secondary N) is 1. The fourth-order valence-corrected chi connectivity index (χ4v) is 3.06. The number of aromatic nitrogens is 1. The van der Waals surface area contributed by atoms with E-state index in [2.05, 4.69) is 10.3 Å². The summed E-state index contributed by atoms with van der Waals surface area (Å²) in [6, 6.07) is 12.8. The molecule has 0 aliphatic rings. The van der Waals surface area contributed by atoms with Gasteiger partial charge in [0.1, 0.15) is 0 Å². The Morgan fingerprint density at radius 3 is 2.59 bits per heavy atom. The summed E-state index contributed by atoms with van der Waals surface area (Å²) in [4.78, 5) is 28.4. The minimum Gasteiger partial charge on any atom is -0.452 e. The van der Waals surface area contributed by atoms with Crippen LogP contribution in [0.15, 0.2) is 47.8 Å². The Labute approximate surface area is 161 Å². The summed E-state index contributed by atoms with van der Waals surface area (Å²) in [6.07, 6.45) is 0. The highest BCUT2D eigenvalue weighted by Gasteiger charge is 2.13. The highest BCUT2D eigenvalue weighted by molar-refractivity contribution is 7.14. The monoisotopic (exact) mass is 381 g/mol. The van der Waals surface area contributed by atoms with Gasteiger partial charge in [-0.15, -0.1) is 11.3 Å². The standard InChI is InChI=1S/C20H19N3O3S/c1-12-3-6-14(7-4-12)17-11-27-20(22-17)23-18(24)10-26-19(25)15-8-5-13(2)16(21)9-15/h3-9,11H,10,21H2,1-2H3,(H,22,23,24). The molecule has 0 aliphatic carbocycles. The zero-order valence-corrected chi connectivity index (χ0v) is 15.8. The molecule has 0 spiro atoms. The number of hydrogen-bond acceptors (Lipinski definition) is 6. The lowest BCUT2D eigenvalue weighted by molar-refractivity contribution is -0.119. The van der Waals surface area contributed by atoms with Gasteiger partial charge in [-0.1, -0.05) is 35.9 Å². The third-order valence-corrected chi connectivity index (χ3v) is 4.70. The summed E-state index contributed by atoms with van der Waals surface area (Å²) in [6.45, 7) is 3.46. The van der Waals surface area contributed by atoms with Gasteiger partial charge < -0.3 is 10.5 Å². The van der Waals surface area contributed by atoms with Crippen molar-refractivity contribution in [3.63, 3.8) is 0 Å². The topological polar surface area (TPSA) is 94.3 Å². The maximum Gasteiger partial charge on any atom is 0.338 e. The zero-order valence-electron chi connectivity index (χ0n) is 15.0. The molecule has 0 saturated heterocycles. The average molecular weight is 381 g/mol. The molecule has 1 amide bonds. The van der Waals surface area contributed by atoms with Crippen molar-refractivity contribution in [2.45, 2.75) is 13.8 Å². The van der Waals surface area contributed by atoms with E-state index in [4.69, 9.17) is 10.5 Å². The second kappa shape index (κ2) is 8.01. The molecular formula is C20H19N3O3S. The number of nitrogen functional groups attached to an aromatic ring is 1. The van der Waals surface area contributed by atoms with Crippen LogP contribution in [0.3, 0.4) is 0 Å². The van der Waals surface area contributed by atoms with E-state index in [1.54, 1.807) is 12.1 Å². The first-order valence-electron chi connectivity index (χ1n) is 8.28. The third-order valence-electron chi connectivity index (χ3n) is 3.95. The number of nitrogens with two attached hydrogens (primary N) is 1. The van der Waals surface area contributed by atoms with E-state index in [9.17, 15) is 9.59 Å². The van der Waals surface area contributed by atoms with Crippen molar-refractivity contribution < 1.29 is 14.3 Å². The van der Waals surface area contributed by atoms with Crippen molar-refractivity contribution in [3.8, 4) is 11.3 Å². The van der Waals surface area contributed by atoms with Crippen LogP contribution in [0.5, 0.6) is 0 Å². The van der Waals surface area contributed by atoms with Gasteiger partial charge in [-0.3, -0.25) is 10.1 Å². The van der Waals surface area contributed by atoms with Crippen LogP contribution < -0.4 is 11.1 Å². The van der Waals surface area contributed by atoms with Gasteiger partial charge in [0.05, 0.1) is 11.3 Å². The minimum atomic E-state index is -0.601. The van der Waals surface area contributed by atoms with Crippen molar-refractivity contribution in [1.29, 1.82) is 0 Å². The number of carbonyl (C=O) groups is 2. The SMILES string of the molecule is Cc1ccc(-c2csc(NC(=O)COC(=O)c3ccc(C)c(N)c3)n2)cc1. The molecule has 0 bridgehead atoms. The second-order valence-electron chi connectivity index (χ2n) is 6.10. The van der Waals surface area contributed by atoms with Gasteiger partial charge in [0.25, 0.3) is 5.91 Å². The van der Waals surface area contributed by atoms with Crippen LogP contribution >= 0.6 is 11.3 Å². The number of hydrogen-bond donors (Lipinski definition) is 2.